The molecule has 0 radical (unpaired) electrons. The average Bonchev–Trinajstić information content (AvgIpc) is 3.10. The molecule has 7 nitrogen and oxygen atoms in total. The molecule has 26 heavy (non-hydrogen) atoms. The normalized spacial score (nSPS) is 19.5. The van der Waals surface area contributed by atoms with Gasteiger partial charge in [-0.25, -0.2) is 0 Å². The lowest BCUT2D eigenvalue weighted by Crippen LogP contribution is -2.54. The second-order valence-corrected chi connectivity index (χ2v) is 8.00. The van der Waals surface area contributed by atoms with Crippen LogP contribution in [0.3, 0.4) is 0 Å². The van der Waals surface area contributed by atoms with Crippen LogP contribution in [0.15, 0.2) is 4.99 Å². The van der Waals surface area contributed by atoms with Crippen LogP contribution in [-0.4, -0.2) is 98.1 Å². The van der Waals surface area contributed by atoms with E-state index in [9.17, 15) is 4.79 Å². The standard InChI is InChI=1S/C18H36N6O.HI/c1-18(2,3)21-8-7-20-17(19-4)24-13-11-22(12-14-24)15-16(25)23-9-5-6-10-23;/h21H,5-15H2,1-4H3,(H,19,20);1H. The molecule has 2 aliphatic heterocycles. The summed E-state index contributed by atoms with van der Waals surface area (Å²) in [5, 5.41) is 6.91. The minimum Gasteiger partial charge on any atom is -0.355 e. The van der Waals surface area contributed by atoms with Gasteiger partial charge in [0.25, 0.3) is 0 Å². The number of guanidine groups is 1. The number of hydrogen-bond acceptors (Lipinski definition) is 4. The first kappa shape index (κ1) is 23.4. The van der Waals surface area contributed by atoms with Crippen molar-refractivity contribution in [2.45, 2.75) is 39.2 Å². The van der Waals surface area contributed by atoms with E-state index in [2.05, 4.69) is 46.2 Å². The summed E-state index contributed by atoms with van der Waals surface area (Å²) in [6.07, 6.45) is 2.32. The van der Waals surface area contributed by atoms with Crippen LogP contribution in [0.2, 0.25) is 0 Å². The quantitative estimate of drug-likeness (QED) is 0.264. The maximum Gasteiger partial charge on any atom is 0.236 e. The third-order valence-corrected chi connectivity index (χ3v) is 4.76. The van der Waals surface area contributed by atoms with Crippen LogP contribution < -0.4 is 10.6 Å². The minimum absolute atomic E-state index is 0. The van der Waals surface area contributed by atoms with Crippen molar-refractivity contribution in [1.29, 1.82) is 0 Å². The zero-order chi connectivity index (χ0) is 18.3. The van der Waals surface area contributed by atoms with E-state index in [1.54, 1.807) is 0 Å². The maximum atomic E-state index is 12.3. The van der Waals surface area contributed by atoms with Crippen LogP contribution in [0.25, 0.3) is 0 Å². The SMILES string of the molecule is CN=C(NCCNC(C)(C)C)N1CCN(CC(=O)N2CCCC2)CC1.I. The van der Waals surface area contributed by atoms with E-state index in [-0.39, 0.29) is 29.5 Å². The summed E-state index contributed by atoms with van der Waals surface area (Å²) in [6, 6.07) is 0. The number of amides is 1. The summed E-state index contributed by atoms with van der Waals surface area (Å²) in [5.74, 6) is 1.25. The molecule has 0 spiro atoms. The van der Waals surface area contributed by atoms with E-state index in [0.29, 0.717) is 12.5 Å². The van der Waals surface area contributed by atoms with Crippen molar-refractivity contribution < 1.29 is 4.79 Å². The Labute approximate surface area is 176 Å². The number of aliphatic imine (C=N–C) groups is 1. The van der Waals surface area contributed by atoms with Crippen LogP contribution >= 0.6 is 24.0 Å². The first-order valence-corrected chi connectivity index (χ1v) is 9.60. The molecule has 152 valence electrons. The van der Waals surface area contributed by atoms with Crippen molar-refractivity contribution in [3.8, 4) is 0 Å². The Morgan fingerprint density at radius 1 is 0.962 bits per heavy atom. The van der Waals surface area contributed by atoms with Gasteiger partial charge in [-0.3, -0.25) is 14.7 Å². The number of nitrogens with zero attached hydrogens (tertiary/aromatic N) is 4. The van der Waals surface area contributed by atoms with E-state index >= 15 is 0 Å². The Hall–Kier alpha value is -0.610. The van der Waals surface area contributed by atoms with Gasteiger partial charge in [-0.05, 0) is 33.6 Å². The van der Waals surface area contributed by atoms with E-state index < -0.39 is 0 Å². The van der Waals surface area contributed by atoms with Gasteiger partial charge in [0.05, 0.1) is 6.54 Å². The molecule has 2 heterocycles. The van der Waals surface area contributed by atoms with Crippen molar-refractivity contribution >= 4 is 35.8 Å². The molecule has 0 aromatic heterocycles. The van der Waals surface area contributed by atoms with E-state index in [4.69, 9.17) is 0 Å². The summed E-state index contributed by atoms with van der Waals surface area (Å²) >= 11 is 0. The number of hydrogen-bond donors (Lipinski definition) is 2. The van der Waals surface area contributed by atoms with Crippen LogP contribution in [0.4, 0.5) is 0 Å². The summed E-state index contributed by atoms with van der Waals surface area (Å²) in [7, 11) is 1.84. The maximum absolute atomic E-state index is 12.3. The Bertz CT molecular complexity index is 451. The van der Waals surface area contributed by atoms with Gasteiger partial charge in [0.1, 0.15) is 0 Å². The van der Waals surface area contributed by atoms with Crippen LogP contribution in [0.1, 0.15) is 33.6 Å². The molecule has 0 aromatic rings. The lowest BCUT2D eigenvalue weighted by Gasteiger charge is -2.36. The lowest BCUT2D eigenvalue weighted by atomic mass is 10.1. The molecule has 2 N–H and O–H groups in total. The molecule has 1 amide bonds. The Morgan fingerprint density at radius 3 is 2.12 bits per heavy atom. The molecule has 0 unspecified atom stereocenters. The van der Waals surface area contributed by atoms with Gasteiger partial charge in [0.2, 0.25) is 5.91 Å². The number of nitrogens with one attached hydrogen (secondary N) is 2. The molecule has 8 heteroatoms. The molecule has 2 fully saturated rings. The highest BCUT2D eigenvalue weighted by Crippen LogP contribution is 2.09. The molecular weight excluding hydrogens is 443 g/mol. The van der Waals surface area contributed by atoms with Crippen LogP contribution in [-0.2, 0) is 4.79 Å². The number of carbonyl (C=O) groups is 1. The summed E-state index contributed by atoms with van der Waals surface area (Å²) < 4.78 is 0. The summed E-state index contributed by atoms with van der Waals surface area (Å²) in [6.45, 7) is 14.4. The number of likely N-dealkylation sites (tertiary alicyclic amines) is 1. The predicted molar refractivity (Wildman–Crippen MR) is 118 cm³/mol. The number of rotatable bonds is 5. The molecule has 0 aliphatic carbocycles. The topological polar surface area (TPSA) is 63.2 Å². The Balaban J connectivity index is 0.00000338. The second-order valence-electron chi connectivity index (χ2n) is 8.00. The van der Waals surface area contributed by atoms with Gasteiger partial charge in [0, 0.05) is 64.9 Å². The van der Waals surface area contributed by atoms with Crippen LogP contribution in [0, 0.1) is 0 Å². The zero-order valence-corrected chi connectivity index (χ0v) is 19.2. The molecule has 2 saturated heterocycles. The van der Waals surface area contributed by atoms with Gasteiger partial charge in [-0.1, -0.05) is 0 Å². The smallest absolute Gasteiger partial charge is 0.236 e. The number of piperazine rings is 1. The van der Waals surface area contributed by atoms with Gasteiger partial charge < -0.3 is 20.4 Å². The molecule has 0 atom stereocenters. The van der Waals surface area contributed by atoms with Crippen molar-refractivity contribution in [1.82, 2.24) is 25.3 Å². The highest BCUT2D eigenvalue weighted by Gasteiger charge is 2.24. The molecular formula is C18H37IN6O. The highest BCUT2D eigenvalue weighted by atomic mass is 127. The fourth-order valence-corrected chi connectivity index (χ4v) is 3.32. The first-order chi connectivity index (χ1) is 11.9. The molecule has 0 saturated carbocycles. The summed E-state index contributed by atoms with van der Waals surface area (Å²) in [4.78, 5) is 23.2. The van der Waals surface area contributed by atoms with Crippen LogP contribution in [0.5, 0.6) is 0 Å². The minimum atomic E-state index is 0. The second kappa shape index (κ2) is 11.3. The lowest BCUT2D eigenvalue weighted by molar-refractivity contribution is -0.131. The third kappa shape index (κ3) is 7.96. The zero-order valence-electron chi connectivity index (χ0n) is 16.9. The summed E-state index contributed by atoms with van der Waals surface area (Å²) in [5.41, 5.74) is 0.138. The number of carbonyl (C=O) groups excluding carboxylic acids is 1. The van der Waals surface area contributed by atoms with E-state index in [1.807, 2.05) is 11.9 Å². The Kier molecular flexibility index (Phi) is 10.2. The van der Waals surface area contributed by atoms with Crippen molar-refractivity contribution in [2.75, 3.05) is 66.0 Å². The highest BCUT2D eigenvalue weighted by molar-refractivity contribution is 14.0. The molecule has 0 aromatic carbocycles. The Morgan fingerprint density at radius 2 is 1.58 bits per heavy atom. The van der Waals surface area contributed by atoms with Gasteiger partial charge in [0.15, 0.2) is 5.96 Å². The molecule has 0 bridgehead atoms. The van der Waals surface area contributed by atoms with Crippen molar-refractivity contribution in [3.05, 3.63) is 0 Å². The molecule has 2 rings (SSSR count). The predicted octanol–water partition coefficient (Wildman–Crippen LogP) is 0.808. The number of halogens is 1. The fourth-order valence-electron chi connectivity index (χ4n) is 3.32. The monoisotopic (exact) mass is 480 g/mol. The average molecular weight is 480 g/mol. The van der Waals surface area contributed by atoms with Gasteiger partial charge >= 0.3 is 0 Å². The first-order valence-electron chi connectivity index (χ1n) is 9.60. The van der Waals surface area contributed by atoms with E-state index in [1.165, 1.54) is 0 Å². The van der Waals surface area contributed by atoms with E-state index in [0.717, 1.165) is 71.2 Å². The van der Waals surface area contributed by atoms with Gasteiger partial charge in [-0.2, -0.15) is 0 Å². The fraction of sp³-hybridized carbons (Fsp3) is 0.889. The third-order valence-electron chi connectivity index (χ3n) is 4.76. The largest absolute Gasteiger partial charge is 0.355 e. The van der Waals surface area contributed by atoms with Crippen molar-refractivity contribution in [3.63, 3.8) is 0 Å². The van der Waals surface area contributed by atoms with Gasteiger partial charge in [-0.15, -0.1) is 24.0 Å². The molecule has 2 aliphatic rings. The van der Waals surface area contributed by atoms with Crippen molar-refractivity contribution in [2.24, 2.45) is 4.99 Å².